The van der Waals surface area contributed by atoms with E-state index in [1.54, 1.807) is 30.1 Å². The number of fused-ring (bicyclic) bond motifs is 1. The number of pyridine rings is 1. The molecule has 0 aliphatic carbocycles. The monoisotopic (exact) mass is 460 g/mol. The third kappa shape index (κ3) is 4.22. The number of aliphatic hydroxyl groups excluding tert-OH is 1. The number of aromatic amines is 1. The van der Waals surface area contributed by atoms with Crippen molar-refractivity contribution in [3.63, 3.8) is 0 Å². The van der Waals surface area contributed by atoms with Gasteiger partial charge in [0, 0.05) is 50.0 Å². The Hall–Kier alpha value is -3.28. The van der Waals surface area contributed by atoms with Gasteiger partial charge in [-0.1, -0.05) is 0 Å². The summed E-state index contributed by atoms with van der Waals surface area (Å²) in [5.41, 5.74) is 3.14. The van der Waals surface area contributed by atoms with Gasteiger partial charge in [-0.15, -0.1) is 0 Å². The number of piperidine rings is 1. The molecule has 0 saturated carbocycles. The second-order valence-electron chi connectivity index (χ2n) is 8.39. The van der Waals surface area contributed by atoms with Crippen molar-refractivity contribution in [3.05, 3.63) is 41.6 Å². The molecule has 0 aromatic carbocycles. The lowest BCUT2D eigenvalue weighted by atomic mass is 9.86. The van der Waals surface area contributed by atoms with Crippen LogP contribution >= 0.6 is 0 Å². The summed E-state index contributed by atoms with van der Waals surface area (Å²) in [7, 11) is 1.73. The molecule has 2 N–H and O–H groups in total. The fraction of sp³-hybridized carbons (Fsp3) is 0.476. The van der Waals surface area contributed by atoms with E-state index in [1.165, 1.54) is 6.33 Å². The summed E-state index contributed by atoms with van der Waals surface area (Å²) in [6, 6.07) is 3.51. The molecule has 174 valence electrons. The van der Waals surface area contributed by atoms with Gasteiger partial charge in [0.15, 0.2) is 5.82 Å². The molecule has 0 spiro atoms. The van der Waals surface area contributed by atoms with Crippen molar-refractivity contribution in [3.8, 4) is 11.5 Å². The molecule has 1 saturated heterocycles. The van der Waals surface area contributed by atoms with Crippen LogP contribution < -0.4 is 4.90 Å². The number of nitrogens with zero attached hydrogens (tertiary/aromatic N) is 7. The number of H-pyrrole nitrogens is 1. The van der Waals surface area contributed by atoms with E-state index < -0.39 is 24.6 Å². The molecular formula is C21H23F3N8O. The van der Waals surface area contributed by atoms with Gasteiger partial charge in [-0.25, -0.2) is 14.6 Å². The van der Waals surface area contributed by atoms with Gasteiger partial charge >= 0.3 is 6.18 Å². The number of alkyl halides is 3. The average molecular weight is 460 g/mol. The molecule has 0 amide bonds. The van der Waals surface area contributed by atoms with Crippen molar-refractivity contribution in [2.45, 2.75) is 37.5 Å². The zero-order valence-electron chi connectivity index (χ0n) is 17.9. The second kappa shape index (κ2) is 8.25. The van der Waals surface area contributed by atoms with E-state index in [9.17, 15) is 18.3 Å². The quantitative estimate of drug-likeness (QED) is 0.619. The molecule has 3 aromatic rings. The molecule has 2 aliphatic heterocycles. The highest BCUT2D eigenvalue weighted by Crippen LogP contribution is 2.42. The third-order valence-corrected chi connectivity index (χ3v) is 6.12. The first kappa shape index (κ1) is 21.6. The molecule has 9 nitrogen and oxygen atoms in total. The SMILES string of the molecule is Cn1ncnc1-c1cc(N2CCC(O)CC2)c2c(n1)C(c1ccn[nH]1)=NCC2CC(F)(F)F. The highest BCUT2D eigenvalue weighted by molar-refractivity contribution is 6.13. The minimum absolute atomic E-state index is 0.00465. The van der Waals surface area contributed by atoms with Crippen LogP contribution in [-0.2, 0) is 7.05 Å². The van der Waals surface area contributed by atoms with E-state index in [0.29, 0.717) is 65.8 Å². The van der Waals surface area contributed by atoms with Crippen LogP contribution in [-0.4, -0.2) is 72.7 Å². The Balaban J connectivity index is 1.72. The van der Waals surface area contributed by atoms with Crippen LogP contribution in [0.15, 0.2) is 29.6 Å². The van der Waals surface area contributed by atoms with Crippen molar-refractivity contribution >= 4 is 11.4 Å². The lowest BCUT2D eigenvalue weighted by Gasteiger charge is -2.36. The van der Waals surface area contributed by atoms with E-state index in [1.807, 2.05) is 4.90 Å². The minimum Gasteiger partial charge on any atom is -0.393 e. The number of hydrogen-bond donors (Lipinski definition) is 2. The topological polar surface area (TPSA) is 108 Å². The minimum atomic E-state index is -4.35. The van der Waals surface area contributed by atoms with Crippen molar-refractivity contribution < 1.29 is 18.3 Å². The smallest absolute Gasteiger partial charge is 0.389 e. The van der Waals surface area contributed by atoms with Gasteiger partial charge in [0.2, 0.25) is 0 Å². The predicted octanol–water partition coefficient (Wildman–Crippen LogP) is 2.45. The van der Waals surface area contributed by atoms with E-state index in [2.05, 4.69) is 25.3 Å². The van der Waals surface area contributed by atoms with Gasteiger partial charge in [0.05, 0.1) is 23.9 Å². The summed E-state index contributed by atoms with van der Waals surface area (Å²) in [5.74, 6) is -0.368. The fourth-order valence-electron chi connectivity index (χ4n) is 4.55. The number of aliphatic hydroxyl groups is 1. The Morgan fingerprint density at radius 3 is 2.67 bits per heavy atom. The molecule has 1 unspecified atom stereocenters. The summed E-state index contributed by atoms with van der Waals surface area (Å²) in [6.45, 7) is 1.06. The first-order valence-corrected chi connectivity index (χ1v) is 10.7. The number of halogens is 3. The lowest BCUT2D eigenvalue weighted by molar-refractivity contribution is -0.138. The van der Waals surface area contributed by atoms with E-state index in [-0.39, 0.29) is 6.54 Å². The first-order valence-electron chi connectivity index (χ1n) is 10.7. The zero-order chi connectivity index (χ0) is 23.2. The summed E-state index contributed by atoms with van der Waals surface area (Å²) in [4.78, 5) is 15.6. The Kier molecular flexibility index (Phi) is 5.39. The first-order chi connectivity index (χ1) is 15.8. The molecule has 5 rings (SSSR count). The van der Waals surface area contributed by atoms with Gasteiger partial charge in [-0.05, 0) is 25.0 Å². The lowest BCUT2D eigenvalue weighted by Crippen LogP contribution is -2.38. The van der Waals surface area contributed by atoms with Gasteiger partial charge in [0.1, 0.15) is 17.7 Å². The maximum absolute atomic E-state index is 13.5. The fourth-order valence-corrected chi connectivity index (χ4v) is 4.55. The third-order valence-electron chi connectivity index (χ3n) is 6.12. The van der Waals surface area contributed by atoms with Crippen LogP contribution in [0.5, 0.6) is 0 Å². The van der Waals surface area contributed by atoms with Crippen LogP contribution in [0.3, 0.4) is 0 Å². The molecule has 0 radical (unpaired) electrons. The Bertz CT molecular complexity index is 1160. The summed E-state index contributed by atoms with van der Waals surface area (Å²) in [6.07, 6.45) is -1.69. The van der Waals surface area contributed by atoms with Crippen LogP contribution in [0.2, 0.25) is 0 Å². The van der Waals surface area contributed by atoms with Crippen molar-refractivity contribution in [2.75, 3.05) is 24.5 Å². The Morgan fingerprint density at radius 2 is 2.03 bits per heavy atom. The number of aromatic nitrogens is 6. The maximum atomic E-state index is 13.5. The Labute approximate surface area is 187 Å². The van der Waals surface area contributed by atoms with Gasteiger partial charge < -0.3 is 10.0 Å². The summed E-state index contributed by atoms with van der Waals surface area (Å²) < 4.78 is 42.2. The summed E-state index contributed by atoms with van der Waals surface area (Å²) in [5, 5.41) is 20.9. The predicted molar refractivity (Wildman–Crippen MR) is 114 cm³/mol. The van der Waals surface area contributed by atoms with E-state index >= 15 is 0 Å². The maximum Gasteiger partial charge on any atom is 0.389 e. The van der Waals surface area contributed by atoms with Crippen LogP contribution in [0.4, 0.5) is 18.9 Å². The highest BCUT2D eigenvalue weighted by Gasteiger charge is 2.39. The second-order valence-corrected chi connectivity index (χ2v) is 8.39. The van der Waals surface area contributed by atoms with E-state index in [4.69, 9.17) is 4.98 Å². The molecule has 1 atom stereocenters. The number of hydrogen-bond acceptors (Lipinski definition) is 7. The summed E-state index contributed by atoms with van der Waals surface area (Å²) >= 11 is 0. The zero-order valence-corrected chi connectivity index (χ0v) is 17.9. The van der Waals surface area contributed by atoms with Crippen LogP contribution in [0.1, 0.15) is 42.1 Å². The molecule has 3 aromatic heterocycles. The number of anilines is 1. The van der Waals surface area contributed by atoms with Gasteiger partial charge in [0.25, 0.3) is 0 Å². The average Bonchev–Trinajstić information content (AvgIpc) is 3.44. The Morgan fingerprint density at radius 1 is 1.24 bits per heavy atom. The van der Waals surface area contributed by atoms with Crippen molar-refractivity contribution in [1.29, 1.82) is 0 Å². The highest BCUT2D eigenvalue weighted by atomic mass is 19.4. The van der Waals surface area contributed by atoms with Crippen molar-refractivity contribution in [1.82, 2.24) is 29.9 Å². The number of rotatable bonds is 4. The molecular weight excluding hydrogens is 437 g/mol. The standard InChI is InChI=1S/C21H23F3N8O/c1-31-20(26-11-28-31)15-8-16(32-6-3-13(33)4-7-32)17-12(9-21(22,23)24)10-25-18(19(17)29-15)14-2-5-27-30-14/h2,5,8,11-13,33H,3-4,6-7,9-10H2,1H3,(H,27,30). The molecule has 1 fully saturated rings. The largest absolute Gasteiger partial charge is 0.393 e. The van der Waals surface area contributed by atoms with Gasteiger partial charge in [-0.3, -0.25) is 10.1 Å². The molecule has 2 aliphatic rings. The molecule has 0 bridgehead atoms. The van der Waals surface area contributed by atoms with Crippen LogP contribution in [0.25, 0.3) is 11.5 Å². The molecule has 5 heterocycles. The number of aryl methyl sites for hydroxylation is 1. The molecule has 33 heavy (non-hydrogen) atoms. The van der Waals surface area contributed by atoms with Crippen molar-refractivity contribution in [2.24, 2.45) is 12.0 Å². The molecule has 12 heteroatoms. The number of aliphatic imine (C=N–C) groups is 1. The number of nitrogens with one attached hydrogen (secondary N) is 1. The van der Waals surface area contributed by atoms with E-state index in [0.717, 1.165) is 0 Å². The normalized spacial score (nSPS) is 19.5. The van der Waals surface area contributed by atoms with Gasteiger partial charge in [-0.2, -0.15) is 23.4 Å². The van der Waals surface area contributed by atoms with Crippen LogP contribution in [0, 0.1) is 0 Å².